The van der Waals surface area contributed by atoms with Crippen molar-refractivity contribution in [1.82, 2.24) is 5.32 Å². The van der Waals surface area contributed by atoms with Gasteiger partial charge in [-0.05, 0) is 54.1 Å². The van der Waals surface area contributed by atoms with Gasteiger partial charge < -0.3 is 10.4 Å². The van der Waals surface area contributed by atoms with Gasteiger partial charge in [0.1, 0.15) is 5.82 Å². The van der Waals surface area contributed by atoms with Crippen molar-refractivity contribution in [2.75, 3.05) is 13.2 Å². The number of rotatable bonds is 7. The number of azide groups is 1. The SMILES string of the molecule is [N-]=[N+]=NCCC1(CO)C[C@@H](Cc2ccc(-c3cc(Cl)ccc3F)cc2)NC1=O. The van der Waals surface area contributed by atoms with E-state index in [9.17, 15) is 14.3 Å². The highest BCUT2D eigenvalue weighted by Gasteiger charge is 2.45. The molecule has 1 aliphatic rings. The molecule has 1 fully saturated rings. The van der Waals surface area contributed by atoms with Crippen molar-refractivity contribution in [2.24, 2.45) is 10.5 Å². The van der Waals surface area contributed by atoms with Crippen LogP contribution in [-0.4, -0.2) is 30.2 Å². The summed E-state index contributed by atoms with van der Waals surface area (Å²) in [5.74, 6) is -0.557. The van der Waals surface area contributed by atoms with Gasteiger partial charge in [-0.1, -0.05) is 41.0 Å². The molecule has 1 saturated heterocycles. The number of halogens is 2. The van der Waals surface area contributed by atoms with E-state index in [1.54, 1.807) is 6.07 Å². The van der Waals surface area contributed by atoms with Gasteiger partial charge in [-0.3, -0.25) is 4.79 Å². The van der Waals surface area contributed by atoms with Gasteiger partial charge in [0.25, 0.3) is 0 Å². The van der Waals surface area contributed by atoms with Crippen molar-refractivity contribution in [3.63, 3.8) is 0 Å². The summed E-state index contributed by atoms with van der Waals surface area (Å²) < 4.78 is 14.0. The number of aliphatic hydroxyl groups excluding tert-OH is 1. The van der Waals surface area contributed by atoms with Crippen molar-refractivity contribution < 1.29 is 14.3 Å². The van der Waals surface area contributed by atoms with Gasteiger partial charge in [-0.2, -0.15) is 0 Å². The van der Waals surface area contributed by atoms with Crippen LogP contribution in [-0.2, 0) is 11.2 Å². The molecule has 6 nitrogen and oxygen atoms in total. The van der Waals surface area contributed by atoms with Gasteiger partial charge in [0.15, 0.2) is 0 Å². The van der Waals surface area contributed by atoms with Crippen molar-refractivity contribution >= 4 is 17.5 Å². The molecule has 2 aromatic rings. The molecule has 1 unspecified atom stereocenters. The largest absolute Gasteiger partial charge is 0.395 e. The predicted octanol–water partition coefficient (Wildman–Crippen LogP) is 4.26. The lowest BCUT2D eigenvalue weighted by atomic mass is 9.81. The minimum Gasteiger partial charge on any atom is -0.395 e. The Hall–Kier alpha value is -2.60. The molecule has 0 aliphatic carbocycles. The fourth-order valence-electron chi connectivity index (χ4n) is 3.64. The summed E-state index contributed by atoms with van der Waals surface area (Å²) in [5, 5.41) is 16.6. The van der Waals surface area contributed by atoms with E-state index in [4.69, 9.17) is 17.1 Å². The first-order valence-electron chi connectivity index (χ1n) is 8.94. The van der Waals surface area contributed by atoms with E-state index in [1.807, 2.05) is 24.3 Å². The maximum absolute atomic E-state index is 14.0. The van der Waals surface area contributed by atoms with Crippen molar-refractivity contribution in [3.05, 3.63) is 69.3 Å². The summed E-state index contributed by atoms with van der Waals surface area (Å²) in [6.07, 6.45) is 1.37. The molecule has 0 aromatic heterocycles. The van der Waals surface area contributed by atoms with E-state index < -0.39 is 5.41 Å². The van der Waals surface area contributed by atoms with Gasteiger partial charge in [0, 0.05) is 28.1 Å². The smallest absolute Gasteiger partial charge is 0.228 e. The number of benzene rings is 2. The highest BCUT2D eigenvalue weighted by molar-refractivity contribution is 6.30. The number of amides is 1. The number of carbonyl (C=O) groups is 1. The third kappa shape index (κ3) is 4.28. The summed E-state index contributed by atoms with van der Waals surface area (Å²) >= 11 is 5.96. The zero-order chi connectivity index (χ0) is 20.1. The van der Waals surface area contributed by atoms with Crippen LogP contribution in [0.5, 0.6) is 0 Å². The molecule has 3 rings (SSSR count). The second kappa shape index (κ2) is 8.61. The normalized spacial score (nSPS) is 21.2. The lowest BCUT2D eigenvalue weighted by molar-refractivity contribution is -0.129. The number of carbonyl (C=O) groups excluding carboxylic acids is 1. The predicted molar refractivity (Wildman–Crippen MR) is 105 cm³/mol. The molecule has 2 aromatic carbocycles. The van der Waals surface area contributed by atoms with Gasteiger partial charge in [0.2, 0.25) is 5.91 Å². The summed E-state index contributed by atoms with van der Waals surface area (Å²) in [6.45, 7) is -0.125. The van der Waals surface area contributed by atoms with Crippen LogP contribution in [0.15, 0.2) is 47.6 Å². The van der Waals surface area contributed by atoms with E-state index in [1.165, 1.54) is 12.1 Å². The molecule has 2 N–H and O–H groups in total. The van der Waals surface area contributed by atoms with E-state index in [-0.39, 0.29) is 30.9 Å². The van der Waals surface area contributed by atoms with Crippen LogP contribution in [0.3, 0.4) is 0 Å². The summed E-state index contributed by atoms with van der Waals surface area (Å²) in [5.41, 5.74) is 9.64. The standard InChI is InChI=1S/C20H20ClFN4O2/c21-15-5-6-18(22)17(10-15)14-3-1-13(2-4-14)9-16-11-20(12-27,19(28)25-16)7-8-24-26-23/h1-6,10,16,27H,7-9,11-12H2,(H,25,28)/t16-,20?/m1/s1. The first-order valence-corrected chi connectivity index (χ1v) is 9.32. The molecular formula is C20H20ClFN4O2. The minimum atomic E-state index is -0.914. The van der Waals surface area contributed by atoms with Gasteiger partial charge in [-0.25, -0.2) is 4.39 Å². The lowest BCUT2D eigenvalue weighted by Crippen LogP contribution is -2.35. The first kappa shape index (κ1) is 20.1. The van der Waals surface area contributed by atoms with Gasteiger partial charge in [0.05, 0.1) is 12.0 Å². The van der Waals surface area contributed by atoms with E-state index in [0.29, 0.717) is 29.8 Å². The van der Waals surface area contributed by atoms with Crippen LogP contribution in [0.25, 0.3) is 21.6 Å². The van der Waals surface area contributed by atoms with Crippen molar-refractivity contribution in [3.8, 4) is 11.1 Å². The molecule has 0 saturated carbocycles. The van der Waals surface area contributed by atoms with E-state index in [0.717, 1.165) is 11.1 Å². The Kier molecular flexibility index (Phi) is 6.19. The Morgan fingerprint density at radius 3 is 2.75 bits per heavy atom. The summed E-state index contributed by atoms with van der Waals surface area (Å²) in [4.78, 5) is 15.1. The first-order chi connectivity index (χ1) is 13.5. The van der Waals surface area contributed by atoms with Gasteiger partial charge >= 0.3 is 0 Å². The molecular weight excluding hydrogens is 383 g/mol. The summed E-state index contributed by atoms with van der Waals surface area (Å²) in [6, 6.07) is 11.7. The van der Waals surface area contributed by atoms with Crippen LogP contribution >= 0.6 is 11.6 Å². The molecule has 28 heavy (non-hydrogen) atoms. The lowest BCUT2D eigenvalue weighted by Gasteiger charge is -2.22. The molecule has 1 amide bonds. The fraction of sp³-hybridized carbons (Fsp3) is 0.350. The van der Waals surface area contributed by atoms with Crippen LogP contribution in [0.1, 0.15) is 18.4 Å². The molecule has 2 atom stereocenters. The maximum atomic E-state index is 14.0. The second-order valence-electron chi connectivity index (χ2n) is 7.04. The quantitative estimate of drug-likeness (QED) is 0.411. The molecule has 1 heterocycles. The molecule has 0 bridgehead atoms. The Morgan fingerprint density at radius 1 is 1.32 bits per heavy atom. The molecule has 0 radical (unpaired) electrons. The second-order valence-corrected chi connectivity index (χ2v) is 7.48. The average molecular weight is 403 g/mol. The Morgan fingerprint density at radius 2 is 2.07 bits per heavy atom. The molecule has 0 spiro atoms. The highest BCUT2D eigenvalue weighted by Crippen LogP contribution is 2.35. The van der Waals surface area contributed by atoms with Crippen LogP contribution in [0, 0.1) is 11.2 Å². The molecule has 8 heteroatoms. The minimum absolute atomic E-state index is 0.125. The Bertz CT molecular complexity index is 915. The number of hydrogen-bond acceptors (Lipinski definition) is 3. The van der Waals surface area contributed by atoms with Crippen LogP contribution in [0.4, 0.5) is 4.39 Å². The topological polar surface area (TPSA) is 98.1 Å². The van der Waals surface area contributed by atoms with Crippen molar-refractivity contribution in [1.29, 1.82) is 0 Å². The van der Waals surface area contributed by atoms with Crippen molar-refractivity contribution in [2.45, 2.75) is 25.3 Å². The van der Waals surface area contributed by atoms with E-state index in [2.05, 4.69) is 15.3 Å². The van der Waals surface area contributed by atoms with Crippen LogP contribution < -0.4 is 5.32 Å². The third-order valence-electron chi connectivity index (χ3n) is 5.19. The number of hydrogen-bond donors (Lipinski definition) is 2. The Balaban J connectivity index is 1.70. The molecule has 1 aliphatic heterocycles. The summed E-state index contributed by atoms with van der Waals surface area (Å²) in [7, 11) is 0. The molecule has 146 valence electrons. The number of nitrogens with zero attached hydrogens (tertiary/aromatic N) is 3. The third-order valence-corrected chi connectivity index (χ3v) is 5.42. The zero-order valence-corrected chi connectivity index (χ0v) is 15.9. The number of aliphatic hydroxyl groups is 1. The monoisotopic (exact) mass is 402 g/mol. The Labute approximate surface area is 167 Å². The fourth-order valence-corrected chi connectivity index (χ4v) is 3.81. The number of nitrogens with one attached hydrogen (secondary N) is 1. The highest BCUT2D eigenvalue weighted by atomic mass is 35.5. The maximum Gasteiger partial charge on any atom is 0.228 e. The average Bonchev–Trinajstić information content (AvgIpc) is 3.00. The van der Waals surface area contributed by atoms with Gasteiger partial charge in [-0.15, -0.1) is 0 Å². The van der Waals surface area contributed by atoms with Crippen LogP contribution in [0.2, 0.25) is 5.02 Å². The van der Waals surface area contributed by atoms with E-state index >= 15 is 0 Å². The zero-order valence-electron chi connectivity index (χ0n) is 15.1.